The third-order valence-corrected chi connectivity index (χ3v) is 4.28. The van der Waals surface area contributed by atoms with Gasteiger partial charge in [-0.2, -0.15) is 0 Å². The van der Waals surface area contributed by atoms with Gasteiger partial charge in [-0.3, -0.25) is 4.79 Å². The van der Waals surface area contributed by atoms with E-state index in [4.69, 9.17) is 4.42 Å². The van der Waals surface area contributed by atoms with Crippen molar-refractivity contribution in [1.29, 1.82) is 0 Å². The van der Waals surface area contributed by atoms with E-state index in [1.807, 2.05) is 13.8 Å². The molecule has 2 rings (SSSR count). The van der Waals surface area contributed by atoms with Gasteiger partial charge < -0.3 is 9.73 Å². The normalized spacial score (nSPS) is 17.1. The molecule has 0 saturated heterocycles. The number of rotatable bonds is 5. The summed E-state index contributed by atoms with van der Waals surface area (Å²) in [5.41, 5.74) is 0. The summed E-state index contributed by atoms with van der Waals surface area (Å²) in [6.07, 6.45) is 7.24. The van der Waals surface area contributed by atoms with Gasteiger partial charge in [-0.15, -0.1) is 10.2 Å². The maximum absolute atomic E-state index is 11.9. The molecule has 1 N–H and O–H groups in total. The largest absolute Gasteiger partial charge is 0.416 e. The molecular formula is C14H23N3O2S. The van der Waals surface area contributed by atoms with Crippen LogP contribution in [0.25, 0.3) is 0 Å². The number of aromatic nitrogens is 2. The molecule has 6 heteroatoms. The molecular weight excluding hydrogens is 274 g/mol. The van der Waals surface area contributed by atoms with Gasteiger partial charge >= 0.3 is 0 Å². The summed E-state index contributed by atoms with van der Waals surface area (Å²) in [5, 5.41) is 11.5. The van der Waals surface area contributed by atoms with E-state index >= 15 is 0 Å². The zero-order valence-corrected chi connectivity index (χ0v) is 13.0. The lowest BCUT2D eigenvalue weighted by molar-refractivity contribution is -0.119. The Morgan fingerprint density at radius 3 is 2.60 bits per heavy atom. The van der Waals surface area contributed by atoms with Crippen LogP contribution in [0.4, 0.5) is 0 Å². The van der Waals surface area contributed by atoms with Gasteiger partial charge in [0.25, 0.3) is 5.22 Å². The Hall–Kier alpha value is -1.04. The van der Waals surface area contributed by atoms with Crippen LogP contribution < -0.4 is 5.32 Å². The summed E-state index contributed by atoms with van der Waals surface area (Å²) in [6, 6.07) is 0.347. The predicted octanol–water partition coefficient (Wildman–Crippen LogP) is 3.12. The van der Waals surface area contributed by atoms with Crippen LogP contribution in [0.3, 0.4) is 0 Å². The van der Waals surface area contributed by atoms with Gasteiger partial charge in [-0.05, 0) is 12.8 Å². The number of amides is 1. The molecule has 20 heavy (non-hydrogen) atoms. The lowest BCUT2D eigenvalue weighted by Crippen LogP contribution is -2.35. The summed E-state index contributed by atoms with van der Waals surface area (Å²) in [5.74, 6) is 1.25. The Kier molecular flexibility index (Phi) is 5.88. The molecule has 0 aromatic carbocycles. The van der Waals surface area contributed by atoms with Gasteiger partial charge in [0, 0.05) is 12.0 Å². The van der Waals surface area contributed by atoms with Crippen LogP contribution in [-0.2, 0) is 4.79 Å². The molecule has 0 aliphatic heterocycles. The zero-order chi connectivity index (χ0) is 14.4. The minimum atomic E-state index is 0.0613. The molecule has 0 unspecified atom stereocenters. The number of hydrogen-bond acceptors (Lipinski definition) is 5. The van der Waals surface area contributed by atoms with E-state index < -0.39 is 0 Å². The summed E-state index contributed by atoms with van der Waals surface area (Å²) >= 11 is 1.31. The second-order valence-corrected chi connectivity index (χ2v) is 6.53. The molecule has 0 atom stereocenters. The molecule has 1 heterocycles. The fourth-order valence-corrected chi connectivity index (χ4v) is 2.91. The minimum Gasteiger partial charge on any atom is -0.416 e. The van der Waals surface area contributed by atoms with E-state index in [0.717, 1.165) is 12.8 Å². The second-order valence-electron chi connectivity index (χ2n) is 5.61. The van der Waals surface area contributed by atoms with E-state index in [1.165, 1.54) is 37.4 Å². The van der Waals surface area contributed by atoms with Crippen LogP contribution in [-0.4, -0.2) is 27.9 Å². The Morgan fingerprint density at radius 2 is 2.00 bits per heavy atom. The van der Waals surface area contributed by atoms with Crippen molar-refractivity contribution in [2.75, 3.05) is 5.75 Å². The zero-order valence-electron chi connectivity index (χ0n) is 12.2. The summed E-state index contributed by atoms with van der Waals surface area (Å²) in [7, 11) is 0. The Labute approximate surface area is 124 Å². The van der Waals surface area contributed by atoms with Crippen LogP contribution >= 0.6 is 11.8 Å². The molecule has 1 aromatic heterocycles. The molecule has 1 saturated carbocycles. The van der Waals surface area contributed by atoms with Crippen molar-refractivity contribution in [1.82, 2.24) is 15.5 Å². The third kappa shape index (κ3) is 4.81. The van der Waals surface area contributed by atoms with Gasteiger partial charge in [-0.1, -0.05) is 51.3 Å². The standard InChI is InChI=1S/C14H23N3O2S/c1-10(2)13-16-17-14(19-13)20-9-12(18)15-11-7-5-3-4-6-8-11/h10-11H,3-9H2,1-2H3,(H,15,18). The molecule has 1 fully saturated rings. The number of thioether (sulfide) groups is 1. The summed E-state index contributed by atoms with van der Waals surface area (Å²) in [6.45, 7) is 4.00. The molecule has 5 nitrogen and oxygen atoms in total. The van der Waals surface area contributed by atoms with Crippen LogP contribution in [0.2, 0.25) is 0 Å². The topological polar surface area (TPSA) is 68.0 Å². The van der Waals surface area contributed by atoms with Gasteiger partial charge in [0.2, 0.25) is 11.8 Å². The van der Waals surface area contributed by atoms with Crippen molar-refractivity contribution in [2.45, 2.75) is 69.6 Å². The molecule has 0 radical (unpaired) electrons. The van der Waals surface area contributed by atoms with E-state index in [2.05, 4.69) is 15.5 Å². The highest BCUT2D eigenvalue weighted by Crippen LogP contribution is 2.21. The van der Waals surface area contributed by atoms with Gasteiger partial charge in [0.05, 0.1) is 5.75 Å². The van der Waals surface area contributed by atoms with Gasteiger partial charge in [0.1, 0.15) is 0 Å². The average molecular weight is 297 g/mol. The van der Waals surface area contributed by atoms with Gasteiger partial charge in [0.15, 0.2) is 0 Å². The first-order valence-corrected chi connectivity index (χ1v) is 8.39. The average Bonchev–Trinajstić information content (AvgIpc) is 2.75. The highest BCUT2D eigenvalue weighted by Gasteiger charge is 2.16. The highest BCUT2D eigenvalue weighted by atomic mass is 32.2. The Morgan fingerprint density at radius 1 is 1.30 bits per heavy atom. The van der Waals surface area contributed by atoms with Crippen molar-refractivity contribution < 1.29 is 9.21 Å². The fraction of sp³-hybridized carbons (Fsp3) is 0.786. The Balaban J connectivity index is 1.73. The monoisotopic (exact) mass is 297 g/mol. The maximum Gasteiger partial charge on any atom is 0.277 e. The first-order valence-electron chi connectivity index (χ1n) is 7.40. The van der Waals surface area contributed by atoms with Crippen molar-refractivity contribution in [3.05, 3.63) is 5.89 Å². The number of hydrogen-bond donors (Lipinski definition) is 1. The molecule has 1 aliphatic rings. The number of nitrogens with one attached hydrogen (secondary N) is 1. The number of carbonyl (C=O) groups is 1. The molecule has 0 spiro atoms. The molecule has 1 aliphatic carbocycles. The quantitative estimate of drug-likeness (QED) is 0.668. The number of nitrogens with zero attached hydrogens (tertiary/aromatic N) is 2. The maximum atomic E-state index is 11.9. The molecule has 1 amide bonds. The van der Waals surface area contributed by atoms with Crippen molar-refractivity contribution in [3.63, 3.8) is 0 Å². The molecule has 0 bridgehead atoms. The van der Waals surface area contributed by atoms with Gasteiger partial charge in [-0.25, -0.2) is 0 Å². The SMILES string of the molecule is CC(C)c1nnc(SCC(=O)NC2CCCCCC2)o1. The van der Waals surface area contributed by atoms with E-state index in [9.17, 15) is 4.79 Å². The predicted molar refractivity (Wildman–Crippen MR) is 78.7 cm³/mol. The van der Waals surface area contributed by atoms with E-state index in [-0.39, 0.29) is 11.8 Å². The van der Waals surface area contributed by atoms with Crippen LogP contribution in [0, 0.1) is 0 Å². The lowest BCUT2D eigenvalue weighted by Gasteiger charge is -2.15. The first-order chi connectivity index (χ1) is 9.65. The molecule has 1 aromatic rings. The van der Waals surface area contributed by atoms with Crippen molar-refractivity contribution in [3.8, 4) is 0 Å². The number of carbonyl (C=O) groups excluding carboxylic acids is 1. The fourth-order valence-electron chi connectivity index (χ4n) is 2.33. The Bertz CT molecular complexity index is 426. The highest BCUT2D eigenvalue weighted by molar-refractivity contribution is 7.99. The van der Waals surface area contributed by atoms with E-state index in [0.29, 0.717) is 22.9 Å². The smallest absolute Gasteiger partial charge is 0.277 e. The summed E-state index contributed by atoms with van der Waals surface area (Å²) in [4.78, 5) is 11.9. The minimum absolute atomic E-state index is 0.0613. The van der Waals surface area contributed by atoms with Crippen LogP contribution in [0.1, 0.15) is 64.2 Å². The van der Waals surface area contributed by atoms with E-state index in [1.54, 1.807) is 0 Å². The lowest BCUT2D eigenvalue weighted by atomic mass is 10.1. The van der Waals surface area contributed by atoms with Crippen molar-refractivity contribution >= 4 is 17.7 Å². The second kappa shape index (κ2) is 7.67. The molecule has 112 valence electrons. The van der Waals surface area contributed by atoms with Crippen LogP contribution in [0.15, 0.2) is 9.64 Å². The van der Waals surface area contributed by atoms with Crippen LogP contribution in [0.5, 0.6) is 0 Å². The summed E-state index contributed by atoms with van der Waals surface area (Å²) < 4.78 is 5.47. The first kappa shape index (κ1) is 15.4. The third-order valence-electron chi connectivity index (χ3n) is 3.46. The van der Waals surface area contributed by atoms with Crippen molar-refractivity contribution in [2.24, 2.45) is 0 Å².